The molecule has 1 aromatic carbocycles. The lowest BCUT2D eigenvalue weighted by Crippen LogP contribution is -2.27. The number of allylic oxidation sites excluding steroid dienone is 2. The number of halogens is 2. The molecule has 7 nitrogen and oxygen atoms in total. The van der Waals surface area contributed by atoms with Crippen LogP contribution in [0.15, 0.2) is 46.6 Å². The molecule has 0 spiro atoms. The van der Waals surface area contributed by atoms with Gasteiger partial charge in [-0.1, -0.05) is 6.08 Å². The van der Waals surface area contributed by atoms with Crippen LogP contribution in [0.2, 0.25) is 0 Å². The molecule has 1 heterocycles. The van der Waals surface area contributed by atoms with Gasteiger partial charge in [-0.25, -0.2) is 8.78 Å². The average molecular weight is 400 g/mol. The van der Waals surface area contributed by atoms with Gasteiger partial charge < -0.3 is 19.8 Å². The van der Waals surface area contributed by atoms with Crippen LogP contribution in [0, 0.1) is 23.0 Å². The summed E-state index contributed by atoms with van der Waals surface area (Å²) in [5.41, 5.74) is 0.436. The molecule has 0 saturated heterocycles. The predicted octanol–water partition coefficient (Wildman–Crippen LogP) is 3.64. The van der Waals surface area contributed by atoms with Crippen LogP contribution in [-0.2, 0) is 0 Å². The van der Waals surface area contributed by atoms with Gasteiger partial charge in [-0.2, -0.15) is 10.2 Å². The van der Waals surface area contributed by atoms with Crippen molar-refractivity contribution in [1.29, 1.82) is 5.26 Å². The van der Waals surface area contributed by atoms with E-state index in [4.69, 9.17) is 14.4 Å². The lowest BCUT2D eigenvalue weighted by molar-refractivity contribution is 0.0934. The van der Waals surface area contributed by atoms with E-state index in [9.17, 15) is 13.6 Å². The van der Waals surface area contributed by atoms with Crippen molar-refractivity contribution in [3.63, 3.8) is 0 Å². The lowest BCUT2D eigenvalue weighted by Gasteiger charge is -2.15. The summed E-state index contributed by atoms with van der Waals surface area (Å²) in [6.45, 7) is 1.59. The van der Waals surface area contributed by atoms with E-state index in [1.54, 1.807) is 25.2 Å². The molecule has 0 saturated carbocycles. The highest BCUT2D eigenvalue weighted by molar-refractivity contribution is 5.92. The Bertz CT molecular complexity index is 1000. The molecule has 2 aromatic rings. The minimum absolute atomic E-state index is 0.0459. The van der Waals surface area contributed by atoms with Crippen molar-refractivity contribution in [2.24, 2.45) is 0 Å². The van der Waals surface area contributed by atoms with Crippen LogP contribution in [0.5, 0.6) is 6.08 Å². The molecule has 1 aromatic heterocycles. The van der Waals surface area contributed by atoms with Crippen LogP contribution in [0.25, 0.3) is 0 Å². The molecule has 0 radical (unpaired) electrons. The molecule has 150 valence electrons. The number of nitrogens with zero attached hydrogens (tertiary/aromatic N) is 2. The molecule has 1 aliphatic carbocycles. The number of hydrogen-bond donors (Lipinski definition) is 2. The number of carbonyl (C=O) groups is 1. The normalized spacial score (nSPS) is 16.5. The third-order valence-electron chi connectivity index (χ3n) is 4.29. The van der Waals surface area contributed by atoms with Gasteiger partial charge in [0.05, 0.1) is 17.7 Å². The maximum Gasteiger partial charge on any atom is 0.394 e. The first-order valence-electron chi connectivity index (χ1n) is 8.79. The third kappa shape index (κ3) is 4.60. The Morgan fingerprint density at radius 1 is 1.41 bits per heavy atom. The molecule has 29 heavy (non-hydrogen) atoms. The highest BCUT2D eigenvalue weighted by Crippen LogP contribution is 2.24. The summed E-state index contributed by atoms with van der Waals surface area (Å²) in [5.74, 6) is -2.11. The van der Waals surface area contributed by atoms with Crippen molar-refractivity contribution in [3.05, 3.63) is 65.1 Å². The second kappa shape index (κ2) is 8.56. The van der Waals surface area contributed by atoms with Crippen molar-refractivity contribution in [2.75, 3.05) is 12.4 Å². The Labute approximate surface area is 165 Å². The Kier molecular flexibility index (Phi) is 5.93. The van der Waals surface area contributed by atoms with Crippen LogP contribution in [0.3, 0.4) is 0 Å². The molecule has 0 fully saturated rings. The first-order chi connectivity index (χ1) is 13.9. The van der Waals surface area contributed by atoms with Gasteiger partial charge in [-0.15, -0.1) is 0 Å². The van der Waals surface area contributed by atoms with Gasteiger partial charge >= 0.3 is 6.08 Å². The number of nitriles is 1. The second-order valence-electron chi connectivity index (χ2n) is 6.33. The van der Waals surface area contributed by atoms with Gasteiger partial charge in [0.2, 0.25) is 0 Å². The van der Waals surface area contributed by atoms with E-state index in [0.717, 1.165) is 18.4 Å². The first-order valence-corrected chi connectivity index (χ1v) is 8.79. The number of benzene rings is 1. The average Bonchev–Trinajstić information content (AvgIpc) is 3.16. The fraction of sp³-hybridized carbons (Fsp3) is 0.250. The fourth-order valence-electron chi connectivity index (χ4n) is 2.79. The summed E-state index contributed by atoms with van der Waals surface area (Å²) >= 11 is 0. The number of anilines is 1. The maximum atomic E-state index is 13.9. The van der Waals surface area contributed by atoms with Gasteiger partial charge in [-0.05, 0) is 36.8 Å². The standard InChI is InChI=1S/C20H18F2N4O3/c1-11(13-7-15(21)18(24-2)16(22)8-13)25-19(27)17-10-28-20(26-17)29-14-5-3-4-12(6-14)9-23/h3-4,6-8,10-11,14,24H,5H2,1-2H3,(H,25,27). The van der Waals surface area contributed by atoms with Crippen LogP contribution in [-0.4, -0.2) is 24.0 Å². The van der Waals surface area contributed by atoms with E-state index in [1.807, 2.05) is 6.07 Å². The maximum absolute atomic E-state index is 13.9. The monoisotopic (exact) mass is 400 g/mol. The Morgan fingerprint density at radius 2 is 2.14 bits per heavy atom. The number of carbonyl (C=O) groups excluding carboxylic acids is 1. The minimum Gasteiger partial charge on any atom is -0.442 e. The van der Waals surface area contributed by atoms with Crippen molar-refractivity contribution in [3.8, 4) is 12.1 Å². The number of hydrogen-bond acceptors (Lipinski definition) is 6. The highest BCUT2D eigenvalue weighted by Gasteiger charge is 2.20. The number of rotatable bonds is 6. The molecule has 3 rings (SSSR count). The van der Waals surface area contributed by atoms with Crippen molar-refractivity contribution >= 4 is 11.6 Å². The first kappa shape index (κ1) is 20.1. The smallest absolute Gasteiger partial charge is 0.394 e. The van der Waals surface area contributed by atoms with Crippen LogP contribution in [0.1, 0.15) is 35.4 Å². The Morgan fingerprint density at radius 3 is 2.79 bits per heavy atom. The van der Waals surface area contributed by atoms with E-state index in [2.05, 4.69) is 15.6 Å². The van der Waals surface area contributed by atoms with E-state index >= 15 is 0 Å². The SMILES string of the molecule is CNc1c(F)cc(C(C)NC(=O)c2coc(OC3C=C(C#N)C=CC3)n2)cc1F. The summed E-state index contributed by atoms with van der Waals surface area (Å²) in [4.78, 5) is 16.3. The fourth-order valence-corrected chi connectivity index (χ4v) is 2.79. The predicted molar refractivity (Wildman–Crippen MR) is 100 cm³/mol. The Balaban J connectivity index is 1.65. The minimum atomic E-state index is -0.757. The lowest BCUT2D eigenvalue weighted by atomic mass is 10.1. The second-order valence-corrected chi connectivity index (χ2v) is 6.33. The van der Waals surface area contributed by atoms with Crippen LogP contribution >= 0.6 is 0 Å². The number of aromatic nitrogens is 1. The zero-order valence-electron chi connectivity index (χ0n) is 15.7. The van der Waals surface area contributed by atoms with E-state index in [-0.39, 0.29) is 23.0 Å². The molecule has 0 bridgehead atoms. The summed E-state index contributed by atoms with van der Waals surface area (Å²) in [6, 6.07) is 3.63. The van der Waals surface area contributed by atoms with E-state index < -0.39 is 29.7 Å². The van der Waals surface area contributed by atoms with Gasteiger partial charge in [-0.3, -0.25) is 4.79 Å². The van der Waals surface area contributed by atoms with Gasteiger partial charge in [0, 0.05) is 13.5 Å². The molecule has 2 atom stereocenters. The van der Waals surface area contributed by atoms with Gasteiger partial charge in [0.15, 0.2) is 5.69 Å². The molecular formula is C20H18F2N4O3. The summed E-state index contributed by atoms with van der Waals surface area (Å²) in [7, 11) is 1.41. The van der Waals surface area contributed by atoms with Crippen molar-refractivity contribution in [2.45, 2.75) is 25.5 Å². The van der Waals surface area contributed by atoms with Crippen LogP contribution in [0.4, 0.5) is 14.5 Å². The molecule has 9 heteroatoms. The third-order valence-corrected chi connectivity index (χ3v) is 4.29. The molecule has 2 unspecified atom stereocenters. The highest BCUT2D eigenvalue weighted by atomic mass is 19.1. The van der Waals surface area contributed by atoms with E-state index in [0.29, 0.717) is 12.0 Å². The summed E-state index contributed by atoms with van der Waals surface area (Å²) < 4.78 is 38.5. The van der Waals surface area contributed by atoms with Gasteiger partial charge in [0.25, 0.3) is 5.91 Å². The van der Waals surface area contributed by atoms with Crippen molar-refractivity contribution < 1.29 is 22.7 Å². The number of amides is 1. The largest absolute Gasteiger partial charge is 0.442 e. The number of oxazole rings is 1. The molecule has 1 amide bonds. The van der Waals surface area contributed by atoms with Gasteiger partial charge in [0.1, 0.15) is 29.7 Å². The molecule has 1 aliphatic rings. The van der Waals surface area contributed by atoms with Crippen molar-refractivity contribution in [1.82, 2.24) is 10.3 Å². The summed E-state index contributed by atoms with van der Waals surface area (Å²) in [6.07, 6.45) is 6.21. The molecule has 2 N–H and O–H groups in total. The molecular weight excluding hydrogens is 382 g/mol. The number of ether oxygens (including phenoxy) is 1. The van der Waals surface area contributed by atoms with Crippen LogP contribution < -0.4 is 15.4 Å². The zero-order chi connectivity index (χ0) is 21.0. The number of nitrogens with one attached hydrogen (secondary N) is 2. The molecule has 0 aliphatic heterocycles. The van der Waals surface area contributed by atoms with E-state index in [1.165, 1.54) is 7.05 Å². The summed E-state index contributed by atoms with van der Waals surface area (Å²) in [5, 5.41) is 14.0. The topological polar surface area (TPSA) is 100 Å². The quantitative estimate of drug-likeness (QED) is 0.768. The zero-order valence-corrected chi connectivity index (χ0v) is 15.7. The Hall–Kier alpha value is -3.67.